The first kappa shape index (κ1) is 14.7. The van der Waals surface area contributed by atoms with Crippen LogP contribution in [0.4, 0.5) is 0 Å². The summed E-state index contributed by atoms with van der Waals surface area (Å²) in [6, 6.07) is 0.604. The summed E-state index contributed by atoms with van der Waals surface area (Å²) in [5, 5.41) is 12.2. The maximum absolute atomic E-state index is 4.65. The average molecular weight is 276 g/mol. The average Bonchev–Trinajstić information content (AvgIpc) is 2.95. The van der Waals surface area contributed by atoms with Crippen LogP contribution in [0.3, 0.4) is 0 Å². The van der Waals surface area contributed by atoms with Crippen molar-refractivity contribution < 1.29 is 0 Å². The van der Waals surface area contributed by atoms with Crippen molar-refractivity contribution >= 4 is 0 Å². The molecular formula is C14H24N6. The third kappa shape index (κ3) is 2.60. The van der Waals surface area contributed by atoms with Crippen LogP contribution in [-0.2, 0) is 6.54 Å². The smallest absolute Gasteiger partial charge is 0.148 e. The zero-order valence-corrected chi connectivity index (χ0v) is 13.2. The van der Waals surface area contributed by atoms with Crippen molar-refractivity contribution in [3.63, 3.8) is 0 Å². The molecule has 20 heavy (non-hydrogen) atoms. The minimum Gasteiger partial charge on any atom is -0.313 e. The Kier molecular flexibility index (Phi) is 4.23. The van der Waals surface area contributed by atoms with Gasteiger partial charge in [0, 0.05) is 23.3 Å². The lowest BCUT2D eigenvalue weighted by Gasteiger charge is -2.12. The van der Waals surface area contributed by atoms with E-state index in [-0.39, 0.29) is 0 Å². The Morgan fingerprint density at radius 2 is 1.95 bits per heavy atom. The van der Waals surface area contributed by atoms with Crippen molar-refractivity contribution in [2.45, 2.75) is 53.2 Å². The molecule has 0 radical (unpaired) electrons. The molecule has 0 amide bonds. The van der Waals surface area contributed by atoms with E-state index in [1.54, 1.807) is 6.33 Å². The van der Waals surface area contributed by atoms with Gasteiger partial charge in [-0.25, -0.2) is 9.67 Å². The summed E-state index contributed by atoms with van der Waals surface area (Å²) in [4.78, 5) is 4.35. The molecule has 0 saturated carbocycles. The second kappa shape index (κ2) is 5.75. The normalized spacial score (nSPS) is 13.2. The second-order valence-electron chi connectivity index (χ2n) is 5.47. The summed E-state index contributed by atoms with van der Waals surface area (Å²) in [5.74, 6) is 0.939. The number of aromatic nitrogens is 5. The van der Waals surface area contributed by atoms with Gasteiger partial charge in [0.2, 0.25) is 0 Å². The molecule has 2 aromatic rings. The number of nitrogens with zero attached hydrogens (tertiary/aromatic N) is 5. The van der Waals surface area contributed by atoms with Crippen molar-refractivity contribution in [2.24, 2.45) is 0 Å². The third-order valence-corrected chi connectivity index (χ3v) is 3.73. The van der Waals surface area contributed by atoms with Gasteiger partial charge in [-0.15, -0.1) is 0 Å². The molecule has 1 N–H and O–H groups in total. The van der Waals surface area contributed by atoms with E-state index in [0.717, 1.165) is 11.5 Å². The maximum atomic E-state index is 4.65. The zero-order valence-electron chi connectivity index (χ0n) is 13.2. The summed E-state index contributed by atoms with van der Waals surface area (Å²) < 4.78 is 3.96. The summed E-state index contributed by atoms with van der Waals surface area (Å²) in [6.45, 7) is 11.2. The van der Waals surface area contributed by atoms with Crippen LogP contribution in [0.5, 0.6) is 0 Å². The fourth-order valence-corrected chi connectivity index (χ4v) is 2.59. The molecular weight excluding hydrogens is 252 g/mol. The van der Waals surface area contributed by atoms with E-state index in [0.29, 0.717) is 18.6 Å². The molecule has 110 valence electrons. The van der Waals surface area contributed by atoms with E-state index in [4.69, 9.17) is 0 Å². The van der Waals surface area contributed by atoms with Crippen molar-refractivity contribution in [3.05, 3.63) is 29.1 Å². The molecule has 1 atom stereocenters. The van der Waals surface area contributed by atoms with Gasteiger partial charge >= 0.3 is 0 Å². The van der Waals surface area contributed by atoms with E-state index < -0.39 is 0 Å². The third-order valence-electron chi connectivity index (χ3n) is 3.73. The van der Waals surface area contributed by atoms with E-state index >= 15 is 0 Å². The van der Waals surface area contributed by atoms with Gasteiger partial charge in [-0.05, 0) is 41.7 Å². The molecule has 6 nitrogen and oxygen atoms in total. The van der Waals surface area contributed by atoms with Gasteiger partial charge in [0.15, 0.2) is 0 Å². The van der Waals surface area contributed by atoms with E-state index in [2.05, 4.69) is 55.1 Å². The highest BCUT2D eigenvalue weighted by Crippen LogP contribution is 2.21. The molecule has 0 aromatic carbocycles. The summed E-state index contributed by atoms with van der Waals surface area (Å²) >= 11 is 0. The first-order valence-corrected chi connectivity index (χ1v) is 7.05. The maximum Gasteiger partial charge on any atom is 0.148 e. The van der Waals surface area contributed by atoms with Crippen LogP contribution in [0.2, 0.25) is 0 Å². The molecule has 2 rings (SSSR count). The van der Waals surface area contributed by atoms with Crippen molar-refractivity contribution in [2.75, 3.05) is 7.05 Å². The lowest BCUT2D eigenvalue weighted by atomic mass is 10.1. The van der Waals surface area contributed by atoms with Crippen LogP contribution in [-0.4, -0.2) is 31.6 Å². The Hall–Kier alpha value is -1.69. The van der Waals surface area contributed by atoms with E-state index in [1.807, 2.05) is 16.4 Å². The number of nitrogens with one attached hydrogen (secondary N) is 1. The highest BCUT2D eigenvalue weighted by molar-refractivity contribution is 5.28. The molecule has 0 bridgehead atoms. The SMILES string of the molecule is CNC(C)c1c(C)nn(Cc2ncnn2C(C)C)c1C. The lowest BCUT2D eigenvalue weighted by Crippen LogP contribution is -2.15. The minimum atomic E-state index is 0.298. The highest BCUT2D eigenvalue weighted by Gasteiger charge is 2.18. The number of hydrogen-bond donors (Lipinski definition) is 1. The summed E-state index contributed by atoms with van der Waals surface area (Å²) in [7, 11) is 1.97. The molecule has 2 heterocycles. The quantitative estimate of drug-likeness (QED) is 0.907. The van der Waals surface area contributed by atoms with Crippen molar-refractivity contribution in [1.29, 1.82) is 0 Å². The molecule has 0 saturated heterocycles. The van der Waals surface area contributed by atoms with Crippen molar-refractivity contribution in [1.82, 2.24) is 29.9 Å². The Morgan fingerprint density at radius 1 is 1.25 bits per heavy atom. The Morgan fingerprint density at radius 3 is 2.55 bits per heavy atom. The molecule has 0 spiro atoms. The predicted molar refractivity (Wildman–Crippen MR) is 78.7 cm³/mol. The Bertz CT molecular complexity index is 580. The van der Waals surface area contributed by atoms with Crippen LogP contribution < -0.4 is 5.32 Å². The lowest BCUT2D eigenvalue weighted by molar-refractivity contribution is 0.485. The molecule has 0 aliphatic carbocycles. The second-order valence-corrected chi connectivity index (χ2v) is 5.47. The van der Waals surface area contributed by atoms with Gasteiger partial charge in [-0.2, -0.15) is 10.2 Å². The summed E-state index contributed by atoms with van der Waals surface area (Å²) in [6.07, 6.45) is 1.61. The topological polar surface area (TPSA) is 60.6 Å². The van der Waals surface area contributed by atoms with Gasteiger partial charge < -0.3 is 5.32 Å². The number of hydrogen-bond acceptors (Lipinski definition) is 4. The van der Waals surface area contributed by atoms with Crippen LogP contribution in [0.1, 0.15) is 55.6 Å². The fraction of sp³-hybridized carbons (Fsp3) is 0.643. The molecule has 0 aliphatic heterocycles. The van der Waals surface area contributed by atoms with Crippen molar-refractivity contribution in [3.8, 4) is 0 Å². The first-order valence-electron chi connectivity index (χ1n) is 7.05. The van der Waals surface area contributed by atoms with Gasteiger partial charge in [-0.3, -0.25) is 4.68 Å². The Balaban J connectivity index is 2.33. The van der Waals surface area contributed by atoms with Crippen LogP contribution in [0, 0.1) is 13.8 Å². The van der Waals surface area contributed by atoms with Gasteiger partial charge in [0.05, 0.1) is 5.69 Å². The predicted octanol–water partition coefficient (Wildman–Crippen LogP) is 2.00. The highest BCUT2D eigenvalue weighted by atomic mass is 15.4. The first-order chi connectivity index (χ1) is 9.45. The summed E-state index contributed by atoms with van der Waals surface area (Å²) in [5.41, 5.74) is 3.52. The standard InChI is InChI=1S/C14H24N6/c1-9(2)20-13(16-8-17-20)7-19-12(5)14(10(3)15-6)11(4)18-19/h8-10,15H,7H2,1-6H3. The van der Waals surface area contributed by atoms with Gasteiger partial charge in [0.1, 0.15) is 18.7 Å². The zero-order chi connectivity index (χ0) is 14.9. The minimum absolute atomic E-state index is 0.298. The van der Waals surface area contributed by atoms with Crippen LogP contribution in [0.15, 0.2) is 6.33 Å². The van der Waals surface area contributed by atoms with Crippen LogP contribution >= 0.6 is 0 Å². The Labute approximate surface area is 120 Å². The van der Waals surface area contributed by atoms with Gasteiger partial charge in [-0.1, -0.05) is 0 Å². The number of rotatable bonds is 5. The van der Waals surface area contributed by atoms with E-state index in [9.17, 15) is 0 Å². The largest absolute Gasteiger partial charge is 0.313 e. The van der Waals surface area contributed by atoms with E-state index in [1.165, 1.54) is 11.3 Å². The van der Waals surface area contributed by atoms with Crippen LogP contribution in [0.25, 0.3) is 0 Å². The fourth-order valence-electron chi connectivity index (χ4n) is 2.59. The van der Waals surface area contributed by atoms with Gasteiger partial charge in [0.25, 0.3) is 0 Å². The molecule has 0 aliphatic rings. The molecule has 1 unspecified atom stereocenters. The molecule has 2 aromatic heterocycles. The molecule has 6 heteroatoms. The number of aryl methyl sites for hydroxylation is 1. The monoisotopic (exact) mass is 276 g/mol. The molecule has 0 fully saturated rings.